The van der Waals surface area contributed by atoms with Crippen molar-refractivity contribution in [1.29, 1.82) is 0 Å². The largest absolute Gasteiger partial charge is 0.481 e. The zero-order chi connectivity index (χ0) is 14.1. The number of carbonyl (C=O) groups is 2. The summed E-state index contributed by atoms with van der Waals surface area (Å²) < 4.78 is 4.93. The number of nitrogens with zero attached hydrogens (tertiary/aromatic N) is 1. The van der Waals surface area contributed by atoms with Gasteiger partial charge in [-0.25, -0.2) is 4.85 Å². The van der Waals surface area contributed by atoms with E-state index in [9.17, 15) is 9.59 Å². The molecule has 1 saturated carbocycles. The quantitative estimate of drug-likeness (QED) is 0.472. The highest BCUT2D eigenvalue weighted by Crippen LogP contribution is 2.59. The van der Waals surface area contributed by atoms with Crippen LogP contribution in [-0.4, -0.2) is 23.1 Å². The molecule has 2 atom stereocenters. The van der Waals surface area contributed by atoms with Crippen LogP contribution in [0.25, 0.3) is 4.85 Å². The summed E-state index contributed by atoms with van der Waals surface area (Å²) in [6, 6.07) is 0. The van der Waals surface area contributed by atoms with Gasteiger partial charge in [0.1, 0.15) is 0 Å². The molecule has 0 saturated heterocycles. The average Bonchev–Trinajstić information content (AvgIpc) is 2.75. The van der Waals surface area contributed by atoms with Gasteiger partial charge in [-0.05, 0) is 25.2 Å². The lowest BCUT2D eigenvalue weighted by Gasteiger charge is -2.06. The van der Waals surface area contributed by atoms with Gasteiger partial charge in [0.05, 0.1) is 18.6 Å². The van der Waals surface area contributed by atoms with Crippen molar-refractivity contribution in [2.45, 2.75) is 33.8 Å². The van der Waals surface area contributed by atoms with Gasteiger partial charge in [-0.15, -0.1) is 0 Å². The van der Waals surface area contributed by atoms with Crippen LogP contribution in [0.2, 0.25) is 0 Å². The molecule has 0 aromatic carbocycles. The number of carboxylic acid groups (broad SMARTS) is 1. The minimum absolute atomic E-state index is 0.134. The van der Waals surface area contributed by atoms with E-state index < -0.39 is 23.3 Å². The van der Waals surface area contributed by atoms with Crippen LogP contribution in [0, 0.1) is 23.8 Å². The molecule has 1 aliphatic carbocycles. The molecule has 2 unspecified atom stereocenters. The number of esters is 1. The summed E-state index contributed by atoms with van der Waals surface area (Å²) in [7, 11) is 0. The van der Waals surface area contributed by atoms with Crippen molar-refractivity contribution in [3.63, 3.8) is 0 Å². The summed E-state index contributed by atoms with van der Waals surface area (Å²) in [6.07, 6.45) is 1.13. The van der Waals surface area contributed by atoms with Crippen LogP contribution in [0.4, 0.5) is 0 Å². The molecule has 0 spiro atoms. The topological polar surface area (TPSA) is 68.0 Å². The lowest BCUT2D eigenvalue weighted by Crippen LogP contribution is -2.12. The third-order valence-corrected chi connectivity index (χ3v) is 3.19. The molecule has 0 heterocycles. The summed E-state index contributed by atoms with van der Waals surface area (Å²) in [5.74, 6) is -2.42. The highest BCUT2D eigenvalue weighted by Gasteiger charge is 2.60. The SMILES string of the molecule is [C-]#[N+]C(=CC1C(C(=O)O)C1(C)C)C(=O)OC(C)C. The number of hydrogen-bond acceptors (Lipinski definition) is 3. The van der Waals surface area contributed by atoms with Gasteiger partial charge < -0.3 is 9.84 Å². The van der Waals surface area contributed by atoms with Crippen molar-refractivity contribution in [2.75, 3.05) is 0 Å². The Morgan fingerprint density at radius 1 is 1.44 bits per heavy atom. The van der Waals surface area contributed by atoms with Crippen molar-refractivity contribution in [3.05, 3.63) is 23.2 Å². The molecule has 1 aliphatic rings. The molecular formula is C13H17NO4. The van der Waals surface area contributed by atoms with Crippen molar-refractivity contribution in [1.82, 2.24) is 0 Å². The predicted octanol–water partition coefficient (Wildman–Crippen LogP) is 2.10. The first-order valence-electron chi connectivity index (χ1n) is 5.74. The van der Waals surface area contributed by atoms with Crippen LogP contribution in [0.5, 0.6) is 0 Å². The molecule has 0 amide bonds. The third kappa shape index (κ3) is 2.70. The Morgan fingerprint density at radius 3 is 2.33 bits per heavy atom. The fraction of sp³-hybridized carbons (Fsp3) is 0.615. The highest BCUT2D eigenvalue weighted by atomic mass is 16.5. The predicted molar refractivity (Wildman–Crippen MR) is 64.3 cm³/mol. The zero-order valence-electron chi connectivity index (χ0n) is 10.9. The molecule has 5 heteroatoms. The minimum Gasteiger partial charge on any atom is -0.481 e. The van der Waals surface area contributed by atoms with Gasteiger partial charge in [0.25, 0.3) is 5.70 Å². The molecule has 0 aromatic heterocycles. The van der Waals surface area contributed by atoms with Crippen LogP contribution in [0.3, 0.4) is 0 Å². The first-order valence-corrected chi connectivity index (χ1v) is 5.74. The molecule has 5 nitrogen and oxygen atoms in total. The van der Waals surface area contributed by atoms with Crippen molar-refractivity contribution >= 4 is 11.9 Å². The number of allylic oxidation sites excluding steroid dienone is 1. The van der Waals surface area contributed by atoms with Crippen molar-refractivity contribution in [3.8, 4) is 0 Å². The standard InChI is InChI=1S/C13H17NO4/c1-7(2)18-12(17)9(14-5)6-8-10(11(15)16)13(8,3)4/h6-8,10H,1-4H3,(H,15,16). The Hall–Kier alpha value is -1.83. The van der Waals surface area contributed by atoms with Crippen LogP contribution in [0.15, 0.2) is 11.8 Å². The normalized spacial score (nSPS) is 25.4. The van der Waals surface area contributed by atoms with E-state index in [1.807, 2.05) is 13.8 Å². The van der Waals surface area contributed by atoms with E-state index >= 15 is 0 Å². The van der Waals surface area contributed by atoms with E-state index in [1.54, 1.807) is 13.8 Å². The monoisotopic (exact) mass is 251 g/mol. The first kappa shape index (κ1) is 14.2. The molecule has 0 aliphatic heterocycles. The molecule has 0 bridgehead atoms. The van der Waals surface area contributed by atoms with E-state index in [0.717, 1.165) is 0 Å². The Kier molecular flexibility index (Phi) is 3.80. The van der Waals surface area contributed by atoms with Gasteiger partial charge in [0.2, 0.25) is 0 Å². The maximum absolute atomic E-state index is 11.6. The fourth-order valence-electron chi connectivity index (χ4n) is 2.06. The van der Waals surface area contributed by atoms with E-state index in [0.29, 0.717) is 0 Å². The lowest BCUT2D eigenvalue weighted by molar-refractivity contribution is -0.142. The van der Waals surface area contributed by atoms with Gasteiger partial charge in [0.15, 0.2) is 0 Å². The summed E-state index contributed by atoms with van der Waals surface area (Å²) in [6.45, 7) is 14.0. The molecule has 1 fully saturated rings. The van der Waals surface area contributed by atoms with Gasteiger partial charge in [-0.2, -0.15) is 0 Å². The number of ether oxygens (including phenoxy) is 1. The maximum Gasteiger partial charge on any atom is 0.336 e. The van der Waals surface area contributed by atoms with Crippen LogP contribution in [-0.2, 0) is 14.3 Å². The second kappa shape index (κ2) is 4.81. The number of carbonyl (C=O) groups excluding carboxylic acids is 1. The fourth-order valence-corrected chi connectivity index (χ4v) is 2.06. The number of carboxylic acids is 1. The molecule has 1 rings (SSSR count). The van der Waals surface area contributed by atoms with Gasteiger partial charge in [0, 0.05) is 0 Å². The number of aliphatic carboxylic acids is 1. The Bertz CT molecular complexity index is 442. The molecule has 0 aromatic rings. The average molecular weight is 251 g/mol. The van der Waals surface area contributed by atoms with Gasteiger partial charge in [-0.1, -0.05) is 19.9 Å². The molecule has 1 N–H and O–H groups in total. The van der Waals surface area contributed by atoms with Crippen molar-refractivity contribution < 1.29 is 19.4 Å². The Morgan fingerprint density at radius 2 is 2.00 bits per heavy atom. The first-order chi connectivity index (χ1) is 8.21. The maximum atomic E-state index is 11.6. The number of hydrogen-bond donors (Lipinski definition) is 1. The lowest BCUT2D eigenvalue weighted by atomic mass is 10.1. The summed E-state index contributed by atoms with van der Waals surface area (Å²) in [5, 5.41) is 9.01. The number of rotatable bonds is 4. The van der Waals surface area contributed by atoms with Gasteiger partial charge in [-0.3, -0.25) is 9.59 Å². The van der Waals surface area contributed by atoms with Crippen LogP contribution >= 0.6 is 0 Å². The molecular weight excluding hydrogens is 234 g/mol. The second-order valence-corrected chi connectivity index (χ2v) is 5.28. The van der Waals surface area contributed by atoms with E-state index in [2.05, 4.69) is 4.85 Å². The smallest absolute Gasteiger partial charge is 0.336 e. The highest BCUT2D eigenvalue weighted by molar-refractivity contribution is 5.91. The Balaban J connectivity index is 2.86. The van der Waals surface area contributed by atoms with Gasteiger partial charge >= 0.3 is 11.9 Å². The second-order valence-electron chi connectivity index (χ2n) is 5.28. The van der Waals surface area contributed by atoms with Crippen molar-refractivity contribution in [2.24, 2.45) is 17.3 Å². The minimum atomic E-state index is -0.900. The Labute approximate surface area is 106 Å². The zero-order valence-corrected chi connectivity index (χ0v) is 10.9. The summed E-state index contributed by atoms with van der Waals surface area (Å²) in [4.78, 5) is 25.7. The summed E-state index contributed by atoms with van der Waals surface area (Å²) >= 11 is 0. The van der Waals surface area contributed by atoms with E-state index in [-0.39, 0.29) is 17.7 Å². The van der Waals surface area contributed by atoms with E-state index in [4.69, 9.17) is 16.4 Å². The third-order valence-electron chi connectivity index (χ3n) is 3.19. The summed E-state index contributed by atoms with van der Waals surface area (Å²) in [5.41, 5.74) is -0.551. The van der Waals surface area contributed by atoms with Crippen LogP contribution in [0.1, 0.15) is 27.7 Å². The molecule has 18 heavy (non-hydrogen) atoms. The molecule has 98 valence electrons. The van der Waals surface area contributed by atoms with Crippen LogP contribution < -0.4 is 0 Å². The van der Waals surface area contributed by atoms with E-state index in [1.165, 1.54) is 6.08 Å². The molecule has 0 radical (unpaired) electrons.